The molecule has 3 nitrogen and oxygen atoms in total. The van der Waals surface area contributed by atoms with Crippen LogP contribution in [-0.2, 0) is 0 Å². The van der Waals surface area contributed by atoms with E-state index in [1.807, 2.05) is 12.5 Å². The van der Waals surface area contributed by atoms with Gasteiger partial charge in [-0.05, 0) is 32.1 Å². The van der Waals surface area contributed by atoms with E-state index in [4.69, 9.17) is 5.73 Å². The Labute approximate surface area is 98.1 Å². The van der Waals surface area contributed by atoms with E-state index in [2.05, 4.69) is 23.4 Å². The second-order valence-electron chi connectivity index (χ2n) is 5.03. The fourth-order valence-electron chi connectivity index (χ4n) is 2.82. The van der Waals surface area contributed by atoms with Gasteiger partial charge in [-0.3, -0.25) is 0 Å². The Balaban J connectivity index is 2.15. The summed E-state index contributed by atoms with van der Waals surface area (Å²) in [6.07, 6.45) is 10.4. The predicted octanol–water partition coefficient (Wildman–Crippen LogP) is 3.04. The van der Waals surface area contributed by atoms with Gasteiger partial charge >= 0.3 is 0 Å². The van der Waals surface area contributed by atoms with E-state index in [9.17, 15) is 0 Å². The Morgan fingerprint density at radius 2 is 2.19 bits per heavy atom. The molecular weight excluding hydrogens is 198 g/mol. The number of aromatic nitrogens is 2. The molecule has 0 bridgehead atoms. The minimum Gasteiger partial charge on any atom is -0.330 e. The standard InChI is InChI=1S/C13H23N3/c1-3-12(14)13-8-15-9-16(13)10(2)11-6-4-5-7-11/h8-12H,3-7,14H2,1-2H3/t10?,12-/m1/s1. The largest absolute Gasteiger partial charge is 0.330 e. The lowest BCUT2D eigenvalue weighted by atomic mass is 9.99. The lowest BCUT2D eigenvalue weighted by molar-refractivity contribution is 0.347. The van der Waals surface area contributed by atoms with Crippen molar-refractivity contribution < 1.29 is 0 Å². The van der Waals surface area contributed by atoms with Gasteiger partial charge in [-0.15, -0.1) is 0 Å². The topological polar surface area (TPSA) is 43.8 Å². The summed E-state index contributed by atoms with van der Waals surface area (Å²) < 4.78 is 2.30. The fourth-order valence-corrected chi connectivity index (χ4v) is 2.82. The first-order valence-corrected chi connectivity index (χ1v) is 6.51. The van der Waals surface area contributed by atoms with Crippen LogP contribution in [0.5, 0.6) is 0 Å². The van der Waals surface area contributed by atoms with E-state index in [1.54, 1.807) is 0 Å². The number of nitrogens with two attached hydrogens (primary N) is 1. The molecule has 1 fully saturated rings. The van der Waals surface area contributed by atoms with Crippen LogP contribution in [0.4, 0.5) is 0 Å². The number of imidazole rings is 1. The van der Waals surface area contributed by atoms with Crippen molar-refractivity contribution in [1.82, 2.24) is 9.55 Å². The average molecular weight is 221 g/mol. The van der Waals surface area contributed by atoms with Crippen molar-refractivity contribution in [3.8, 4) is 0 Å². The zero-order valence-corrected chi connectivity index (χ0v) is 10.4. The van der Waals surface area contributed by atoms with E-state index in [-0.39, 0.29) is 6.04 Å². The molecular formula is C13H23N3. The molecule has 3 heteroatoms. The molecule has 1 heterocycles. The van der Waals surface area contributed by atoms with Crippen molar-refractivity contribution >= 4 is 0 Å². The van der Waals surface area contributed by atoms with Crippen LogP contribution < -0.4 is 5.73 Å². The normalized spacial score (nSPS) is 21.2. The van der Waals surface area contributed by atoms with Crippen LogP contribution >= 0.6 is 0 Å². The highest BCUT2D eigenvalue weighted by Gasteiger charge is 2.24. The summed E-state index contributed by atoms with van der Waals surface area (Å²) in [6.45, 7) is 4.44. The maximum Gasteiger partial charge on any atom is 0.0951 e. The zero-order valence-electron chi connectivity index (χ0n) is 10.4. The van der Waals surface area contributed by atoms with E-state index < -0.39 is 0 Å². The molecule has 0 spiro atoms. The summed E-state index contributed by atoms with van der Waals surface area (Å²) in [5, 5.41) is 0. The summed E-state index contributed by atoms with van der Waals surface area (Å²) in [5.74, 6) is 0.817. The van der Waals surface area contributed by atoms with Crippen LogP contribution in [0.1, 0.15) is 63.7 Å². The molecule has 1 aromatic heterocycles. The molecule has 2 rings (SSSR count). The van der Waals surface area contributed by atoms with Crippen molar-refractivity contribution in [3.63, 3.8) is 0 Å². The molecule has 16 heavy (non-hydrogen) atoms. The van der Waals surface area contributed by atoms with Crippen LogP contribution in [-0.4, -0.2) is 9.55 Å². The molecule has 2 atom stereocenters. The lowest BCUT2D eigenvalue weighted by Crippen LogP contribution is -2.20. The molecule has 1 aromatic rings. The molecule has 1 aliphatic rings. The van der Waals surface area contributed by atoms with E-state index >= 15 is 0 Å². The summed E-state index contributed by atoms with van der Waals surface area (Å²) in [5.41, 5.74) is 7.31. The van der Waals surface area contributed by atoms with Gasteiger partial charge in [0.15, 0.2) is 0 Å². The first-order chi connectivity index (χ1) is 7.74. The van der Waals surface area contributed by atoms with Crippen molar-refractivity contribution in [3.05, 3.63) is 18.2 Å². The van der Waals surface area contributed by atoms with Crippen molar-refractivity contribution in [2.45, 2.75) is 58.0 Å². The molecule has 2 N–H and O–H groups in total. The monoisotopic (exact) mass is 221 g/mol. The summed E-state index contributed by atoms with van der Waals surface area (Å²) in [7, 11) is 0. The predicted molar refractivity (Wildman–Crippen MR) is 66.1 cm³/mol. The number of hydrogen-bond acceptors (Lipinski definition) is 2. The fraction of sp³-hybridized carbons (Fsp3) is 0.769. The van der Waals surface area contributed by atoms with Crippen molar-refractivity contribution in [1.29, 1.82) is 0 Å². The third kappa shape index (κ3) is 2.14. The van der Waals surface area contributed by atoms with Crippen molar-refractivity contribution in [2.24, 2.45) is 11.7 Å². The van der Waals surface area contributed by atoms with Gasteiger partial charge < -0.3 is 10.3 Å². The van der Waals surface area contributed by atoms with Crippen LogP contribution in [0, 0.1) is 5.92 Å². The van der Waals surface area contributed by atoms with Gasteiger partial charge in [0, 0.05) is 18.3 Å². The van der Waals surface area contributed by atoms with Gasteiger partial charge in [0.2, 0.25) is 0 Å². The highest BCUT2D eigenvalue weighted by molar-refractivity contribution is 5.06. The quantitative estimate of drug-likeness (QED) is 0.849. The molecule has 0 aromatic carbocycles. The summed E-state index contributed by atoms with van der Waals surface area (Å²) in [6, 6.07) is 0.684. The van der Waals surface area contributed by atoms with Crippen LogP contribution in [0.2, 0.25) is 0 Å². The van der Waals surface area contributed by atoms with E-state index in [0.717, 1.165) is 12.3 Å². The van der Waals surface area contributed by atoms with Gasteiger partial charge in [0.25, 0.3) is 0 Å². The van der Waals surface area contributed by atoms with Crippen LogP contribution in [0.3, 0.4) is 0 Å². The zero-order chi connectivity index (χ0) is 11.5. The number of rotatable bonds is 4. The second-order valence-corrected chi connectivity index (χ2v) is 5.03. The van der Waals surface area contributed by atoms with Gasteiger partial charge in [-0.1, -0.05) is 19.8 Å². The Kier molecular flexibility index (Phi) is 3.64. The van der Waals surface area contributed by atoms with Crippen molar-refractivity contribution in [2.75, 3.05) is 0 Å². The number of nitrogens with zero attached hydrogens (tertiary/aromatic N) is 2. The Bertz CT molecular complexity index is 326. The van der Waals surface area contributed by atoms with Crippen LogP contribution in [0.15, 0.2) is 12.5 Å². The van der Waals surface area contributed by atoms with Gasteiger partial charge in [-0.25, -0.2) is 4.98 Å². The Morgan fingerprint density at radius 3 is 2.81 bits per heavy atom. The maximum atomic E-state index is 6.12. The average Bonchev–Trinajstić information content (AvgIpc) is 2.97. The summed E-state index contributed by atoms with van der Waals surface area (Å²) >= 11 is 0. The van der Waals surface area contributed by atoms with Gasteiger partial charge in [0.1, 0.15) is 0 Å². The Morgan fingerprint density at radius 1 is 1.50 bits per heavy atom. The van der Waals surface area contributed by atoms with Crippen LogP contribution in [0.25, 0.3) is 0 Å². The first-order valence-electron chi connectivity index (χ1n) is 6.51. The molecule has 0 radical (unpaired) electrons. The Hall–Kier alpha value is -0.830. The highest BCUT2D eigenvalue weighted by Crippen LogP contribution is 2.35. The maximum absolute atomic E-state index is 6.12. The van der Waals surface area contributed by atoms with Gasteiger partial charge in [0.05, 0.1) is 12.0 Å². The molecule has 1 unspecified atom stereocenters. The molecule has 1 aliphatic carbocycles. The van der Waals surface area contributed by atoms with E-state index in [1.165, 1.54) is 31.4 Å². The lowest BCUT2D eigenvalue weighted by Gasteiger charge is -2.24. The minimum atomic E-state index is 0.131. The molecule has 1 saturated carbocycles. The van der Waals surface area contributed by atoms with Gasteiger partial charge in [-0.2, -0.15) is 0 Å². The molecule has 0 saturated heterocycles. The SMILES string of the molecule is CC[C@@H](N)c1cncn1C(C)C1CCCC1. The third-order valence-electron chi connectivity index (χ3n) is 4.04. The summed E-state index contributed by atoms with van der Waals surface area (Å²) in [4.78, 5) is 4.27. The molecule has 90 valence electrons. The molecule has 0 aliphatic heterocycles. The number of hydrogen-bond donors (Lipinski definition) is 1. The highest BCUT2D eigenvalue weighted by atomic mass is 15.1. The third-order valence-corrected chi connectivity index (χ3v) is 4.04. The first kappa shape index (κ1) is 11.6. The smallest absolute Gasteiger partial charge is 0.0951 e. The minimum absolute atomic E-state index is 0.131. The molecule has 0 amide bonds. The second kappa shape index (κ2) is 5.00. The van der Waals surface area contributed by atoms with E-state index in [0.29, 0.717) is 6.04 Å².